The van der Waals surface area contributed by atoms with Crippen LogP contribution in [0.2, 0.25) is 0 Å². The average Bonchev–Trinajstić information content (AvgIpc) is 3.30. The van der Waals surface area contributed by atoms with Crippen molar-refractivity contribution in [2.45, 2.75) is 229 Å². The third-order valence-corrected chi connectivity index (χ3v) is 20.3. The molecule has 3 heterocycles. The fourth-order valence-corrected chi connectivity index (χ4v) is 17.7. The third kappa shape index (κ3) is 6.26. The molecule has 0 radical (unpaired) electrons. The van der Waals surface area contributed by atoms with E-state index in [2.05, 4.69) is 51.1 Å². The lowest BCUT2D eigenvalue weighted by atomic mass is 9.81. The summed E-state index contributed by atoms with van der Waals surface area (Å²) in [7, 11) is -0.661. The molecular weight excluding hydrogens is 722 g/mol. The minimum Gasteiger partial charge on any atom is -0.337 e. The molecule has 3 nitrogen and oxygen atoms in total. The molecule has 0 saturated heterocycles. The zero-order valence-corrected chi connectivity index (χ0v) is 36.8. The maximum absolute atomic E-state index is 3.10. The summed E-state index contributed by atoms with van der Waals surface area (Å²) in [5, 5.41) is 5.35. The van der Waals surface area contributed by atoms with E-state index in [-0.39, 0.29) is 0 Å². The average molecular weight is 794 g/mol. The van der Waals surface area contributed by atoms with E-state index in [1.807, 2.05) is 0 Å². The predicted octanol–water partition coefficient (Wildman–Crippen LogP) is 14.9. The Kier molecular flexibility index (Phi) is 10.1. The van der Waals surface area contributed by atoms with Crippen LogP contribution in [-0.2, 0) is 0 Å². The van der Waals surface area contributed by atoms with E-state index in [1.54, 1.807) is 66.7 Å². The second-order valence-electron chi connectivity index (χ2n) is 21.0. The van der Waals surface area contributed by atoms with E-state index in [1.165, 1.54) is 193 Å². The maximum Gasteiger partial charge on any atom is 0.0522 e. The molecule has 0 bridgehead atoms. The highest BCUT2D eigenvalue weighted by Crippen LogP contribution is 2.63. The van der Waals surface area contributed by atoms with Gasteiger partial charge in [-0.25, -0.2) is 0 Å². The molecule has 3 aliphatic heterocycles. The second kappa shape index (κ2) is 15.8. The highest BCUT2D eigenvalue weighted by Gasteiger charge is 2.50. The summed E-state index contributed by atoms with van der Waals surface area (Å²) in [6.07, 6.45) is 41.8. The van der Waals surface area contributed by atoms with Gasteiger partial charge in [0.05, 0.1) is 34.1 Å². The first-order valence-electron chi connectivity index (χ1n) is 25.5. The molecule has 6 aliphatic carbocycles. The van der Waals surface area contributed by atoms with Crippen molar-refractivity contribution in [2.24, 2.45) is 0 Å². The Bertz CT molecular complexity index is 1680. The molecule has 6 saturated carbocycles. The number of hydrogen-bond donors (Lipinski definition) is 0. The molecule has 3 aromatic rings. The largest absolute Gasteiger partial charge is 0.337 e. The summed E-state index contributed by atoms with van der Waals surface area (Å²) >= 11 is 0. The first kappa shape index (κ1) is 37.3. The molecule has 12 rings (SSSR count). The van der Waals surface area contributed by atoms with Crippen LogP contribution in [0.5, 0.6) is 0 Å². The molecule has 0 N–H and O–H groups in total. The summed E-state index contributed by atoms with van der Waals surface area (Å²) in [6.45, 7) is 0. The molecule has 9 aliphatic rings. The van der Waals surface area contributed by atoms with Crippen molar-refractivity contribution in [1.82, 2.24) is 0 Å². The number of nitrogens with zero attached hydrogens (tertiary/aromatic N) is 3. The zero-order chi connectivity index (χ0) is 38.2. The van der Waals surface area contributed by atoms with Crippen LogP contribution in [0.15, 0.2) is 36.4 Å². The van der Waals surface area contributed by atoms with Crippen LogP contribution < -0.4 is 30.6 Å². The normalized spacial score (nSPS) is 25.3. The molecule has 0 atom stereocenters. The third-order valence-electron chi connectivity index (χ3n) is 17.6. The van der Waals surface area contributed by atoms with E-state index in [4.69, 9.17) is 0 Å². The van der Waals surface area contributed by atoms with Crippen LogP contribution in [-0.4, -0.2) is 18.1 Å². The van der Waals surface area contributed by atoms with Crippen molar-refractivity contribution in [3.63, 3.8) is 0 Å². The van der Waals surface area contributed by atoms with Gasteiger partial charge in [-0.3, -0.25) is 0 Å². The van der Waals surface area contributed by atoms with Crippen LogP contribution in [0.4, 0.5) is 34.1 Å². The minimum atomic E-state index is -0.661. The van der Waals surface area contributed by atoms with E-state index >= 15 is 0 Å². The number of anilines is 6. The Hall–Kier alpha value is -2.51. The summed E-state index contributed by atoms with van der Waals surface area (Å²) in [4.78, 5) is 9.29. The van der Waals surface area contributed by atoms with Gasteiger partial charge in [-0.2, -0.15) is 0 Å². The molecule has 58 heavy (non-hydrogen) atoms. The monoisotopic (exact) mass is 794 g/mol. The Morgan fingerprint density at radius 1 is 0.276 bits per heavy atom. The molecule has 3 aromatic carbocycles. The van der Waals surface area contributed by atoms with Gasteiger partial charge >= 0.3 is 0 Å². The predicted molar refractivity (Wildman–Crippen MR) is 250 cm³/mol. The Morgan fingerprint density at radius 3 is 0.707 bits per heavy atom. The first-order valence-corrected chi connectivity index (χ1v) is 26.9. The van der Waals surface area contributed by atoms with Gasteiger partial charge in [0, 0.05) is 34.0 Å². The highest BCUT2D eigenvalue weighted by molar-refractivity contribution is 7.82. The Labute approximate surface area is 352 Å². The standard InChI is InChI=1S/C54H72N3P/c1-7-19-37(20-8-1)40-31-46-52-47(32-40)56(44-27-15-5-16-28-44)49-34-42(39-23-11-3-12-24-39)36-51-54(49)58(52)53-48(55(46)43-25-13-4-14-26-43)33-41(38-21-9-2-10-22-38)35-50(53)57(51)45-29-17-6-18-30-45/h31-39,43-45H,1-30H2. The molecule has 0 amide bonds. The van der Waals surface area contributed by atoms with Crippen molar-refractivity contribution in [3.05, 3.63) is 53.1 Å². The summed E-state index contributed by atoms with van der Waals surface area (Å²) < 4.78 is 0. The molecule has 4 heteroatoms. The fourth-order valence-electron chi connectivity index (χ4n) is 14.6. The molecule has 0 unspecified atom stereocenters. The lowest BCUT2D eigenvalue weighted by Crippen LogP contribution is -2.53. The fraction of sp³-hybridized carbons (Fsp3) is 0.667. The lowest BCUT2D eigenvalue weighted by Gasteiger charge is -2.55. The second-order valence-corrected chi connectivity index (χ2v) is 23.1. The zero-order valence-electron chi connectivity index (χ0n) is 35.9. The Balaban J connectivity index is 1.17. The van der Waals surface area contributed by atoms with Gasteiger partial charge < -0.3 is 14.7 Å². The SMILES string of the molecule is c1c(C2CCCCC2)cc2c3c1N(C1CCCCC1)c1cc(C4CCCCC4)cc4c1P3c1c(cc(C3CCCCC3)cc1N4C1CCCCC1)N2C1CCCCC1. The van der Waals surface area contributed by atoms with E-state index in [9.17, 15) is 0 Å². The van der Waals surface area contributed by atoms with E-state index in [0.717, 1.165) is 0 Å². The smallest absolute Gasteiger partial charge is 0.0522 e. The highest BCUT2D eigenvalue weighted by atomic mass is 31.1. The summed E-state index contributed by atoms with van der Waals surface area (Å²) in [6, 6.07) is 19.0. The van der Waals surface area contributed by atoms with Crippen molar-refractivity contribution < 1.29 is 0 Å². The van der Waals surface area contributed by atoms with Crippen molar-refractivity contribution in [1.29, 1.82) is 0 Å². The van der Waals surface area contributed by atoms with Crippen molar-refractivity contribution in [2.75, 3.05) is 14.7 Å². The molecule has 6 fully saturated rings. The lowest BCUT2D eigenvalue weighted by molar-refractivity contribution is 0.429. The number of benzene rings is 3. The summed E-state index contributed by atoms with van der Waals surface area (Å²) in [5.74, 6) is 2.15. The summed E-state index contributed by atoms with van der Waals surface area (Å²) in [5.41, 5.74) is 15.2. The maximum atomic E-state index is 3.10. The van der Waals surface area contributed by atoms with Crippen LogP contribution >= 0.6 is 7.92 Å². The minimum absolute atomic E-state index is 0.616. The van der Waals surface area contributed by atoms with Crippen LogP contribution in [0.25, 0.3) is 0 Å². The molecule has 0 aromatic heterocycles. The van der Waals surface area contributed by atoms with Gasteiger partial charge in [0.1, 0.15) is 0 Å². The van der Waals surface area contributed by atoms with Crippen LogP contribution in [0, 0.1) is 0 Å². The van der Waals surface area contributed by atoms with E-state index < -0.39 is 7.92 Å². The van der Waals surface area contributed by atoms with Crippen LogP contribution in [0.1, 0.15) is 227 Å². The van der Waals surface area contributed by atoms with Gasteiger partial charge in [-0.15, -0.1) is 0 Å². The molecule has 0 spiro atoms. The van der Waals surface area contributed by atoms with Gasteiger partial charge in [-0.05, 0) is 156 Å². The molecule has 308 valence electrons. The van der Waals surface area contributed by atoms with Gasteiger partial charge in [-0.1, -0.05) is 116 Å². The van der Waals surface area contributed by atoms with Gasteiger partial charge in [0.25, 0.3) is 0 Å². The van der Waals surface area contributed by atoms with Gasteiger partial charge in [0.2, 0.25) is 0 Å². The first-order chi connectivity index (χ1) is 28.8. The number of hydrogen-bond acceptors (Lipinski definition) is 3. The van der Waals surface area contributed by atoms with Gasteiger partial charge in [0.15, 0.2) is 0 Å². The van der Waals surface area contributed by atoms with Crippen LogP contribution in [0.3, 0.4) is 0 Å². The van der Waals surface area contributed by atoms with Crippen molar-refractivity contribution >= 4 is 58.0 Å². The number of rotatable bonds is 6. The molecular formula is C54H72N3P. The quantitative estimate of drug-likeness (QED) is 0.230. The van der Waals surface area contributed by atoms with E-state index in [0.29, 0.717) is 35.9 Å². The van der Waals surface area contributed by atoms with Crippen molar-refractivity contribution in [3.8, 4) is 0 Å². The Morgan fingerprint density at radius 2 is 0.483 bits per heavy atom. The topological polar surface area (TPSA) is 9.72 Å².